The van der Waals surface area contributed by atoms with Crippen molar-refractivity contribution in [1.29, 1.82) is 0 Å². The van der Waals surface area contributed by atoms with Gasteiger partial charge in [-0.05, 0) is 83.5 Å². The van der Waals surface area contributed by atoms with Crippen molar-refractivity contribution in [3.05, 3.63) is 24.3 Å². The summed E-state index contributed by atoms with van der Waals surface area (Å²) in [6.07, 6.45) is 14.1. The smallest absolute Gasteiger partial charge is 0.462 e. The van der Waals surface area contributed by atoms with Gasteiger partial charge in [-0.15, -0.1) is 0 Å². The highest BCUT2D eigenvalue weighted by atomic mass is 31.2. The second-order valence-corrected chi connectivity index (χ2v) is 27.7. The van der Waals surface area contributed by atoms with E-state index in [1.54, 1.807) is 0 Å². The molecular formula is C70H126N3O26P. The van der Waals surface area contributed by atoms with Crippen molar-refractivity contribution in [2.24, 2.45) is 0 Å². The minimum absolute atomic E-state index is 0.0267. The normalized spacial score (nSPS) is 26.5. The predicted molar refractivity (Wildman–Crippen MR) is 367 cm³/mol. The van der Waals surface area contributed by atoms with Crippen molar-refractivity contribution in [3.8, 4) is 0 Å². The lowest BCUT2D eigenvalue weighted by atomic mass is 9.95. The van der Waals surface area contributed by atoms with E-state index in [4.69, 9.17) is 46.9 Å². The lowest BCUT2D eigenvalue weighted by Crippen LogP contribution is -2.68. The number of unbranched alkanes of at least 4 members (excludes halogenated alkanes) is 23. The van der Waals surface area contributed by atoms with Crippen LogP contribution in [0.15, 0.2) is 24.3 Å². The summed E-state index contributed by atoms with van der Waals surface area (Å²) in [4.78, 5) is 73.8. The first-order valence-electron chi connectivity index (χ1n) is 37.1. The standard InChI is InChI=1S/C70H126N3O26P/c1-4-6-8-10-12-14-16-18-20-22-24-26-28-30-32-39-57(80)91-48-51(94-58(81)40-33-31-29-27-25-23-21-19-17-15-13-11-9-7-5-2)49-93-100(88,89)92-44-42-72-56(79)38-35-34-37-55(78)71-41-36-43-90-68-59(73-50(3)77)62(84)66(54(47-76)97-68)98-70-65(87)67(61(83)53(46-75)96-70)99-69-64(86)63(85)60(82)52(45-74)95-69/h18-21,51-54,59-70,74-76,82-87H,4-17,22-49H2,1-3H3,(H,71,78)(H,72,79)(H,73,77)(H,88,89). The number of hydrogen-bond acceptors (Lipinski definition) is 25. The number of rotatable bonds is 58. The molecule has 0 aromatic carbocycles. The van der Waals surface area contributed by atoms with Crippen LogP contribution in [0.2, 0.25) is 0 Å². The van der Waals surface area contributed by atoms with Gasteiger partial charge in [-0.2, -0.15) is 0 Å². The molecule has 30 heteroatoms. The van der Waals surface area contributed by atoms with E-state index < -0.39 is 163 Å². The van der Waals surface area contributed by atoms with E-state index in [0.717, 1.165) is 84.0 Å². The molecule has 0 aromatic rings. The highest BCUT2D eigenvalue weighted by Gasteiger charge is 2.54. The number of carbonyl (C=O) groups excluding carboxylic acids is 5. The lowest BCUT2D eigenvalue weighted by molar-refractivity contribution is -0.376. The molecule has 0 radical (unpaired) electrons. The van der Waals surface area contributed by atoms with Crippen molar-refractivity contribution >= 4 is 37.5 Å². The van der Waals surface area contributed by atoms with Crippen LogP contribution in [0.1, 0.15) is 233 Å². The van der Waals surface area contributed by atoms with E-state index in [1.165, 1.54) is 77.0 Å². The number of hydrogen-bond donors (Lipinski definition) is 13. The van der Waals surface area contributed by atoms with Gasteiger partial charge in [0.2, 0.25) is 17.7 Å². The average Bonchev–Trinajstić information content (AvgIpc) is 0.781. The Labute approximate surface area is 592 Å². The summed E-state index contributed by atoms with van der Waals surface area (Å²) in [6.45, 7) is 1.58. The Morgan fingerprint density at radius 2 is 0.910 bits per heavy atom. The van der Waals surface area contributed by atoms with Gasteiger partial charge < -0.3 is 105 Å². The number of phosphoric ester groups is 1. The molecule has 3 aliphatic rings. The minimum atomic E-state index is -4.73. The van der Waals surface area contributed by atoms with Crippen molar-refractivity contribution in [3.63, 3.8) is 0 Å². The zero-order valence-corrected chi connectivity index (χ0v) is 60.6. The third-order valence-electron chi connectivity index (χ3n) is 17.6. The Kier molecular flexibility index (Phi) is 49.7. The number of carbonyl (C=O) groups is 5. The number of nitrogens with one attached hydrogen (secondary N) is 3. The summed E-state index contributed by atoms with van der Waals surface area (Å²) < 4.78 is 68.4. The molecule has 3 aliphatic heterocycles. The number of allylic oxidation sites excluding steroid dienone is 4. The van der Waals surface area contributed by atoms with E-state index in [9.17, 15) is 79.4 Å². The quantitative estimate of drug-likeness (QED) is 0.0156. The van der Waals surface area contributed by atoms with E-state index in [1.807, 2.05) is 0 Å². The van der Waals surface area contributed by atoms with E-state index in [0.29, 0.717) is 25.7 Å². The van der Waals surface area contributed by atoms with Crippen LogP contribution in [-0.4, -0.2) is 238 Å². The second-order valence-electron chi connectivity index (χ2n) is 26.2. The molecular weight excluding hydrogens is 1330 g/mol. The molecule has 17 unspecified atom stereocenters. The number of ether oxygens (including phenoxy) is 8. The van der Waals surface area contributed by atoms with Crippen molar-refractivity contribution in [2.75, 3.05) is 59.3 Å². The van der Waals surface area contributed by atoms with Crippen LogP contribution in [0.4, 0.5) is 0 Å². The first-order valence-corrected chi connectivity index (χ1v) is 38.6. The fourth-order valence-corrected chi connectivity index (χ4v) is 12.4. The highest BCUT2D eigenvalue weighted by molar-refractivity contribution is 7.47. The third kappa shape index (κ3) is 38.4. The molecule has 0 bridgehead atoms. The number of esters is 2. The fraction of sp³-hybridized carbons (Fsp3) is 0.871. The maximum absolute atomic E-state index is 13.0. The van der Waals surface area contributed by atoms with Crippen molar-refractivity contribution < 1.29 is 126 Å². The molecule has 0 spiro atoms. The average molecular weight is 1460 g/mol. The fourth-order valence-electron chi connectivity index (χ4n) is 11.7. The highest BCUT2D eigenvalue weighted by Crippen LogP contribution is 2.43. The summed E-state index contributed by atoms with van der Waals surface area (Å²) in [5.74, 6) is -2.41. The zero-order valence-electron chi connectivity index (χ0n) is 59.7. The van der Waals surface area contributed by atoms with E-state index in [-0.39, 0.29) is 64.3 Å². The van der Waals surface area contributed by atoms with Gasteiger partial charge >= 0.3 is 19.8 Å². The van der Waals surface area contributed by atoms with Crippen molar-refractivity contribution in [1.82, 2.24) is 16.0 Å². The number of aliphatic hydroxyl groups is 9. The first kappa shape index (κ1) is 90.6. The van der Waals surface area contributed by atoms with Crippen LogP contribution in [0.3, 0.4) is 0 Å². The SMILES string of the molecule is CCCCCCCCC=CCCCCCCCC(=O)OCC(COP(=O)(O)OCCNC(=O)CCCCC(=O)NCCCOC1OC(CO)C(OC2OC(CO)C(O)C(OC3OC(CO)C(O)C(O)C3O)C2O)C(O)C1NC(C)=O)OC(=O)CCCCCCCC=CCCCCCCCC. The Balaban J connectivity index is 1.37. The van der Waals surface area contributed by atoms with E-state index >= 15 is 0 Å². The molecule has 3 amide bonds. The summed E-state index contributed by atoms with van der Waals surface area (Å²) in [5.41, 5.74) is 0. The van der Waals surface area contributed by atoms with Crippen LogP contribution in [0.25, 0.3) is 0 Å². The molecule has 29 nitrogen and oxygen atoms in total. The maximum atomic E-state index is 13.0. The van der Waals surface area contributed by atoms with Gasteiger partial charge in [-0.1, -0.05) is 141 Å². The van der Waals surface area contributed by atoms with Gasteiger partial charge in [0, 0.05) is 45.7 Å². The first-order chi connectivity index (χ1) is 48.2. The molecule has 3 fully saturated rings. The van der Waals surface area contributed by atoms with Crippen molar-refractivity contribution in [2.45, 2.75) is 331 Å². The lowest BCUT2D eigenvalue weighted by Gasteiger charge is -2.48. The summed E-state index contributed by atoms with van der Waals surface area (Å²) in [7, 11) is -4.73. The van der Waals surface area contributed by atoms with Crippen LogP contribution in [0, 0.1) is 0 Å². The molecule has 100 heavy (non-hydrogen) atoms. The Morgan fingerprint density at radius 3 is 1.43 bits per heavy atom. The van der Waals surface area contributed by atoms with Gasteiger partial charge in [0.05, 0.1) is 39.6 Å². The maximum Gasteiger partial charge on any atom is 0.472 e. The van der Waals surface area contributed by atoms with Gasteiger partial charge in [-0.25, -0.2) is 4.57 Å². The molecule has 0 aromatic heterocycles. The van der Waals surface area contributed by atoms with Gasteiger partial charge in [0.15, 0.2) is 25.0 Å². The Bertz CT molecular complexity index is 2290. The number of amides is 3. The summed E-state index contributed by atoms with van der Waals surface area (Å²) in [5, 5.41) is 103. The van der Waals surface area contributed by atoms with Crippen LogP contribution in [-0.2, 0) is 75.5 Å². The van der Waals surface area contributed by atoms with Gasteiger partial charge in [-0.3, -0.25) is 33.0 Å². The Morgan fingerprint density at radius 1 is 0.460 bits per heavy atom. The van der Waals surface area contributed by atoms with Gasteiger partial charge in [0.25, 0.3) is 0 Å². The molecule has 13 N–H and O–H groups in total. The minimum Gasteiger partial charge on any atom is -0.462 e. The molecule has 3 rings (SSSR count). The molecule has 582 valence electrons. The summed E-state index contributed by atoms with van der Waals surface area (Å²) >= 11 is 0. The van der Waals surface area contributed by atoms with Crippen LogP contribution < -0.4 is 16.0 Å². The topological polar surface area (TPSA) is 433 Å². The summed E-state index contributed by atoms with van der Waals surface area (Å²) in [6, 6.07) is -1.36. The number of aliphatic hydroxyl groups excluding tert-OH is 9. The monoisotopic (exact) mass is 1460 g/mol. The molecule has 0 aliphatic carbocycles. The molecule has 3 heterocycles. The number of phosphoric acid groups is 1. The predicted octanol–water partition coefficient (Wildman–Crippen LogP) is 5.44. The molecule has 3 saturated heterocycles. The van der Waals surface area contributed by atoms with Gasteiger partial charge in [0.1, 0.15) is 79.8 Å². The Hall–Kier alpha value is -3.66. The zero-order chi connectivity index (χ0) is 73.3. The van der Waals surface area contributed by atoms with E-state index in [2.05, 4.69) is 54.1 Å². The third-order valence-corrected chi connectivity index (χ3v) is 18.6. The molecule has 0 saturated carbocycles. The second kappa shape index (κ2) is 54.9. The van der Waals surface area contributed by atoms with Crippen LogP contribution in [0.5, 0.6) is 0 Å². The molecule has 17 atom stereocenters. The largest absolute Gasteiger partial charge is 0.472 e. The van der Waals surface area contributed by atoms with Crippen LogP contribution >= 0.6 is 7.82 Å².